The number of hydrogen-bond donors (Lipinski definition) is 2. The van der Waals surface area contributed by atoms with E-state index in [4.69, 9.17) is 5.73 Å². The van der Waals surface area contributed by atoms with E-state index in [2.05, 4.69) is 34.6 Å². The lowest BCUT2D eigenvalue weighted by Gasteiger charge is -2.30. The second-order valence-electron chi connectivity index (χ2n) is 4.42. The van der Waals surface area contributed by atoms with E-state index in [1.807, 2.05) is 12.1 Å². The summed E-state index contributed by atoms with van der Waals surface area (Å²) in [6, 6.07) is 12.5. The van der Waals surface area contributed by atoms with Gasteiger partial charge in [-0.15, -0.1) is 0 Å². The van der Waals surface area contributed by atoms with Gasteiger partial charge in [-0.05, 0) is 29.7 Å². The zero-order chi connectivity index (χ0) is 11.7. The summed E-state index contributed by atoms with van der Waals surface area (Å²) in [5.41, 5.74) is 9.65. The van der Waals surface area contributed by atoms with Crippen molar-refractivity contribution in [1.29, 1.82) is 0 Å². The summed E-state index contributed by atoms with van der Waals surface area (Å²) in [7, 11) is 0. The summed E-state index contributed by atoms with van der Waals surface area (Å²) in [5.74, 6) is 1.17. The Bertz CT molecular complexity index is 536. The largest absolute Gasteiger partial charge is 0.382 e. The molecule has 0 spiro atoms. The molecule has 1 aliphatic rings. The van der Waals surface area contributed by atoms with Gasteiger partial charge in [0, 0.05) is 18.7 Å². The number of anilines is 2. The van der Waals surface area contributed by atoms with E-state index in [0.29, 0.717) is 11.7 Å². The van der Waals surface area contributed by atoms with Crippen molar-refractivity contribution >= 4 is 11.5 Å². The summed E-state index contributed by atoms with van der Waals surface area (Å²) in [5, 5.41) is 3.37. The number of aromatic nitrogens is 1. The molecule has 3 nitrogen and oxygen atoms in total. The number of nitrogens with one attached hydrogen (secondary N) is 1. The van der Waals surface area contributed by atoms with Crippen LogP contribution < -0.4 is 11.1 Å². The molecule has 0 amide bonds. The van der Waals surface area contributed by atoms with Crippen molar-refractivity contribution < 1.29 is 0 Å². The van der Waals surface area contributed by atoms with Crippen LogP contribution in [0.4, 0.5) is 11.5 Å². The number of nitrogens with zero attached hydrogens (tertiary/aromatic N) is 1. The molecule has 3 rings (SSSR count). The Hall–Kier alpha value is -2.03. The van der Waals surface area contributed by atoms with Gasteiger partial charge < -0.3 is 11.1 Å². The molecule has 0 saturated heterocycles. The van der Waals surface area contributed by atoms with Crippen molar-refractivity contribution in [2.24, 2.45) is 0 Å². The summed E-state index contributed by atoms with van der Waals surface area (Å²) < 4.78 is 0. The Morgan fingerprint density at radius 1 is 1.24 bits per heavy atom. The van der Waals surface area contributed by atoms with Gasteiger partial charge in [0.25, 0.3) is 0 Å². The highest BCUT2D eigenvalue weighted by Crippen LogP contribution is 2.34. The lowest BCUT2D eigenvalue weighted by molar-refractivity contribution is 0.636. The monoisotopic (exact) mass is 225 g/mol. The summed E-state index contributed by atoms with van der Waals surface area (Å²) >= 11 is 0. The molecule has 0 fully saturated rings. The molecular formula is C14H15N3. The number of fused-ring (bicyclic) bond motifs is 1. The van der Waals surface area contributed by atoms with E-state index in [-0.39, 0.29) is 0 Å². The molecule has 1 atom stereocenters. The third-order valence-corrected chi connectivity index (χ3v) is 3.34. The quantitative estimate of drug-likeness (QED) is 0.843. The molecule has 1 aromatic heterocycles. The van der Waals surface area contributed by atoms with Crippen molar-refractivity contribution in [2.45, 2.75) is 12.3 Å². The fraction of sp³-hybridized carbons (Fsp3) is 0.214. The number of hydrogen-bond acceptors (Lipinski definition) is 3. The standard InChI is InChI=1S/C14H15N3/c15-14-13(6-3-7-16-14)17-9-11-8-10-4-1-2-5-12(10)11/h1-7,11,17H,8-9H2,(H2,15,16). The first-order chi connectivity index (χ1) is 8.34. The highest BCUT2D eigenvalue weighted by atomic mass is 14.9. The Balaban J connectivity index is 1.66. The highest BCUT2D eigenvalue weighted by molar-refractivity contribution is 5.61. The molecule has 1 aromatic carbocycles. The van der Waals surface area contributed by atoms with E-state index in [0.717, 1.165) is 18.7 Å². The molecule has 1 aliphatic carbocycles. The van der Waals surface area contributed by atoms with Crippen molar-refractivity contribution in [3.8, 4) is 0 Å². The molecular weight excluding hydrogens is 210 g/mol. The van der Waals surface area contributed by atoms with E-state index in [9.17, 15) is 0 Å². The maximum Gasteiger partial charge on any atom is 0.146 e. The minimum absolute atomic E-state index is 0.570. The van der Waals surface area contributed by atoms with Crippen LogP contribution in [0, 0.1) is 0 Å². The van der Waals surface area contributed by atoms with Crippen molar-refractivity contribution in [3.05, 3.63) is 53.7 Å². The second-order valence-corrected chi connectivity index (χ2v) is 4.42. The van der Waals surface area contributed by atoms with Gasteiger partial charge in [-0.2, -0.15) is 0 Å². The molecule has 0 saturated carbocycles. The average Bonchev–Trinajstić information content (AvgIpc) is 2.32. The average molecular weight is 225 g/mol. The van der Waals surface area contributed by atoms with Crippen LogP contribution in [0.3, 0.4) is 0 Å². The van der Waals surface area contributed by atoms with Crippen LogP contribution in [0.15, 0.2) is 42.6 Å². The van der Waals surface area contributed by atoms with Crippen LogP contribution in [0.25, 0.3) is 0 Å². The molecule has 2 aromatic rings. The Kier molecular flexibility index (Phi) is 2.44. The van der Waals surface area contributed by atoms with Crippen LogP contribution in [0.1, 0.15) is 17.0 Å². The predicted octanol–water partition coefficient (Wildman–Crippen LogP) is 2.42. The van der Waals surface area contributed by atoms with Crippen LogP contribution in [0.2, 0.25) is 0 Å². The summed E-state index contributed by atoms with van der Waals surface area (Å²) in [6.07, 6.45) is 2.86. The fourth-order valence-electron chi connectivity index (χ4n) is 2.34. The topological polar surface area (TPSA) is 50.9 Å². The van der Waals surface area contributed by atoms with Crippen LogP contribution in [0.5, 0.6) is 0 Å². The lowest BCUT2D eigenvalue weighted by atomic mass is 9.77. The molecule has 1 heterocycles. The number of rotatable bonds is 3. The minimum atomic E-state index is 0.570. The van der Waals surface area contributed by atoms with Crippen molar-refractivity contribution in [2.75, 3.05) is 17.6 Å². The number of pyridine rings is 1. The maximum absolute atomic E-state index is 5.79. The molecule has 1 unspecified atom stereocenters. The van der Waals surface area contributed by atoms with E-state index in [1.165, 1.54) is 11.1 Å². The maximum atomic E-state index is 5.79. The molecule has 86 valence electrons. The van der Waals surface area contributed by atoms with Gasteiger partial charge in [-0.25, -0.2) is 4.98 Å². The van der Waals surface area contributed by atoms with E-state index < -0.39 is 0 Å². The van der Waals surface area contributed by atoms with Gasteiger partial charge in [-0.3, -0.25) is 0 Å². The Labute approximate surface area is 101 Å². The molecule has 0 aliphatic heterocycles. The molecule has 17 heavy (non-hydrogen) atoms. The molecule has 0 bridgehead atoms. The van der Waals surface area contributed by atoms with E-state index in [1.54, 1.807) is 6.20 Å². The van der Waals surface area contributed by atoms with Gasteiger partial charge in [0.2, 0.25) is 0 Å². The van der Waals surface area contributed by atoms with Crippen LogP contribution in [-0.2, 0) is 6.42 Å². The zero-order valence-electron chi connectivity index (χ0n) is 9.56. The van der Waals surface area contributed by atoms with Crippen LogP contribution in [-0.4, -0.2) is 11.5 Å². The van der Waals surface area contributed by atoms with E-state index >= 15 is 0 Å². The van der Waals surface area contributed by atoms with Crippen molar-refractivity contribution in [3.63, 3.8) is 0 Å². The zero-order valence-corrected chi connectivity index (χ0v) is 9.56. The number of nitrogens with two attached hydrogens (primary N) is 1. The smallest absolute Gasteiger partial charge is 0.146 e. The third kappa shape index (κ3) is 1.84. The lowest BCUT2D eigenvalue weighted by Crippen LogP contribution is -2.24. The number of nitrogen functional groups attached to an aromatic ring is 1. The molecule has 0 radical (unpaired) electrons. The Morgan fingerprint density at radius 3 is 2.94 bits per heavy atom. The first-order valence-corrected chi connectivity index (χ1v) is 5.87. The second kappa shape index (κ2) is 4.09. The van der Waals surface area contributed by atoms with Crippen molar-refractivity contribution in [1.82, 2.24) is 4.98 Å². The van der Waals surface area contributed by atoms with Gasteiger partial charge in [0.15, 0.2) is 0 Å². The number of benzene rings is 1. The summed E-state index contributed by atoms with van der Waals surface area (Å²) in [4.78, 5) is 4.06. The molecule has 3 heteroatoms. The normalized spacial score (nSPS) is 17.1. The first-order valence-electron chi connectivity index (χ1n) is 5.87. The van der Waals surface area contributed by atoms with Gasteiger partial charge >= 0.3 is 0 Å². The highest BCUT2D eigenvalue weighted by Gasteiger charge is 2.24. The Morgan fingerprint density at radius 2 is 2.12 bits per heavy atom. The minimum Gasteiger partial charge on any atom is -0.382 e. The fourth-order valence-corrected chi connectivity index (χ4v) is 2.34. The van der Waals surface area contributed by atoms with Gasteiger partial charge in [0.05, 0.1) is 5.69 Å². The SMILES string of the molecule is Nc1ncccc1NCC1Cc2ccccc21. The van der Waals surface area contributed by atoms with Crippen LogP contribution >= 0.6 is 0 Å². The third-order valence-electron chi connectivity index (χ3n) is 3.34. The van der Waals surface area contributed by atoms with Gasteiger partial charge in [-0.1, -0.05) is 24.3 Å². The first kappa shape index (κ1) is 10.1. The van der Waals surface area contributed by atoms with Gasteiger partial charge in [0.1, 0.15) is 5.82 Å². The summed E-state index contributed by atoms with van der Waals surface area (Å²) in [6.45, 7) is 0.924. The predicted molar refractivity (Wildman–Crippen MR) is 70.0 cm³/mol. The molecule has 3 N–H and O–H groups in total.